The number of ether oxygens (including phenoxy) is 2. The van der Waals surface area contributed by atoms with Gasteiger partial charge in [0.15, 0.2) is 0 Å². The fourth-order valence-electron chi connectivity index (χ4n) is 4.13. The Morgan fingerprint density at radius 2 is 1.37 bits per heavy atom. The first kappa shape index (κ1) is 33.3. The number of nitrogens with zero attached hydrogens (tertiary/aromatic N) is 1. The summed E-state index contributed by atoms with van der Waals surface area (Å²) in [6.07, 6.45) is 0.0259. The average Bonchev–Trinajstić information content (AvgIpc) is 2.88. The minimum Gasteiger partial charge on any atom is -0.458 e. The van der Waals surface area contributed by atoms with E-state index >= 15 is 0 Å². The second-order valence-electron chi connectivity index (χ2n) is 12.0. The van der Waals surface area contributed by atoms with Gasteiger partial charge in [0.25, 0.3) is 0 Å². The number of benzene rings is 2. The topological polar surface area (TPSA) is 114 Å². The lowest BCUT2D eigenvalue weighted by molar-refractivity contribution is -0.159. The van der Waals surface area contributed by atoms with E-state index in [2.05, 4.69) is 10.6 Å². The van der Waals surface area contributed by atoms with E-state index in [0.29, 0.717) is 12.0 Å². The molecule has 0 saturated carbocycles. The fourth-order valence-corrected chi connectivity index (χ4v) is 4.13. The van der Waals surface area contributed by atoms with E-state index in [1.54, 1.807) is 65.8 Å². The maximum atomic E-state index is 14.1. The van der Waals surface area contributed by atoms with Gasteiger partial charge in [-0.1, -0.05) is 67.6 Å². The summed E-state index contributed by atoms with van der Waals surface area (Å²) in [7, 11) is 0. The van der Waals surface area contributed by atoms with Crippen LogP contribution in [0.4, 0.5) is 4.79 Å². The quantitative estimate of drug-likeness (QED) is 0.372. The summed E-state index contributed by atoms with van der Waals surface area (Å²) in [4.78, 5) is 54.7. The molecule has 3 unspecified atom stereocenters. The van der Waals surface area contributed by atoms with Crippen molar-refractivity contribution < 1.29 is 28.7 Å². The van der Waals surface area contributed by atoms with E-state index in [4.69, 9.17) is 9.47 Å². The fraction of sp³-hybridized carbons (Fsp3) is 0.500. The van der Waals surface area contributed by atoms with Gasteiger partial charge < -0.3 is 25.0 Å². The van der Waals surface area contributed by atoms with Crippen LogP contribution in [0.2, 0.25) is 0 Å². The Balaban J connectivity index is 2.43. The van der Waals surface area contributed by atoms with Crippen LogP contribution < -0.4 is 10.6 Å². The van der Waals surface area contributed by atoms with Crippen molar-refractivity contribution in [1.82, 2.24) is 15.5 Å². The van der Waals surface area contributed by atoms with Crippen LogP contribution in [0, 0.1) is 0 Å². The molecule has 224 valence electrons. The van der Waals surface area contributed by atoms with Crippen LogP contribution >= 0.6 is 0 Å². The van der Waals surface area contributed by atoms with E-state index in [1.165, 1.54) is 4.90 Å². The number of hydrogen-bond donors (Lipinski definition) is 2. The number of hydrogen-bond acceptors (Lipinski definition) is 6. The molecule has 0 aliphatic rings. The summed E-state index contributed by atoms with van der Waals surface area (Å²) in [6, 6.07) is 15.8. The maximum Gasteiger partial charge on any atom is 0.408 e. The van der Waals surface area contributed by atoms with Crippen molar-refractivity contribution in [3.8, 4) is 0 Å². The minimum atomic E-state index is -1.07. The van der Waals surface area contributed by atoms with Gasteiger partial charge in [-0.05, 0) is 66.0 Å². The number of amides is 3. The van der Waals surface area contributed by atoms with E-state index in [-0.39, 0.29) is 19.0 Å². The smallest absolute Gasteiger partial charge is 0.408 e. The van der Waals surface area contributed by atoms with Gasteiger partial charge in [0, 0.05) is 12.5 Å². The Kier molecular flexibility index (Phi) is 11.9. The predicted octanol–water partition coefficient (Wildman–Crippen LogP) is 4.95. The van der Waals surface area contributed by atoms with Gasteiger partial charge in [-0.2, -0.15) is 0 Å². The highest BCUT2D eigenvalue weighted by Gasteiger charge is 2.37. The van der Waals surface area contributed by atoms with Crippen molar-refractivity contribution in [2.75, 3.05) is 6.54 Å². The normalized spacial score (nSPS) is 13.8. The van der Waals surface area contributed by atoms with Gasteiger partial charge in [-0.15, -0.1) is 0 Å². The zero-order chi connectivity index (χ0) is 30.8. The standard InChI is InChI=1S/C32H45N3O6/c1-9-22(2)35(26(36)21-33-30(39)41-32(6,7)8)27(24-18-14-11-15-19-24)28(37)34-25(29(38)40-31(3,4)5)20-23-16-12-10-13-17-23/h10-19,22,25,27H,9,20-21H2,1-8H3,(H,33,39)(H,34,37). The van der Waals surface area contributed by atoms with Crippen LogP contribution in [0.25, 0.3) is 0 Å². The molecule has 41 heavy (non-hydrogen) atoms. The van der Waals surface area contributed by atoms with Crippen LogP contribution in [0.5, 0.6) is 0 Å². The lowest BCUT2D eigenvalue weighted by Gasteiger charge is -2.36. The van der Waals surface area contributed by atoms with Crippen LogP contribution in [-0.4, -0.2) is 58.6 Å². The van der Waals surface area contributed by atoms with Gasteiger partial charge in [-0.3, -0.25) is 9.59 Å². The van der Waals surface area contributed by atoms with Crippen molar-refractivity contribution in [3.63, 3.8) is 0 Å². The Morgan fingerprint density at radius 1 is 0.829 bits per heavy atom. The molecular weight excluding hydrogens is 522 g/mol. The second-order valence-corrected chi connectivity index (χ2v) is 12.0. The monoisotopic (exact) mass is 567 g/mol. The first-order valence-electron chi connectivity index (χ1n) is 14.0. The Bertz CT molecular complexity index is 1160. The number of carbonyl (C=O) groups excluding carboxylic acids is 4. The van der Waals surface area contributed by atoms with E-state index < -0.39 is 47.2 Å². The molecule has 2 aromatic rings. The third kappa shape index (κ3) is 11.3. The highest BCUT2D eigenvalue weighted by atomic mass is 16.6. The summed E-state index contributed by atoms with van der Waals surface area (Å²) in [5.41, 5.74) is -0.0810. The van der Waals surface area contributed by atoms with Crippen molar-refractivity contribution in [2.45, 2.75) is 97.6 Å². The molecule has 0 heterocycles. The molecule has 0 fully saturated rings. The van der Waals surface area contributed by atoms with Crippen LogP contribution in [0.3, 0.4) is 0 Å². The predicted molar refractivity (Wildman–Crippen MR) is 158 cm³/mol. The molecule has 9 heteroatoms. The van der Waals surface area contributed by atoms with Gasteiger partial charge in [0.1, 0.15) is 29.8 Å². The first-order valence-corrected chi connectivity index (χ1v) is 14.0. The molecule has 0 aliphatic carbocycles. The van der Waals surface area contributed by atoms with E-state index in [9.17, 15) is 19.2 Å². The molecule has 0 saturated heterocycles. The van der Waals surface area contributed by atoms with E-state index in [1.807, 2.05) is 50.2 Å². The molecule has 0 aromatic heterocycles. The summed E-state index contributed by atoms with van der Waals surface area (Å²) in [5.74, 6) is -1.57. The summed E-state index contributed by atoms with van der Waals surface area (Å²) < 4.78 is 10.9. The number of nitrogens with one attached hydrogen (secondary N) is 2. The zero-order valence-corrected chi connectivity index (χ0v) is 25.5. The number of carbonyl (C=O) groups is 4. The molecule has 2 aromatic carbocycles. The van der Waals surface area contributed by atoms with Crippen LogP contribution in [-0.2, 0) is 30.3 Å². The second kappa shape index (κ2) is 14.7. The highest BCUT2D eigenvalue weighted by Crippen LogP contribution is 2.26. The Hall–Kier alpha value is -3.88. The molecule has 3 amide bonds. The molecule has 0 spiro atoms. The number of esters is 1. The van der Waals surface area contributed by atoms with Crippen molar-refractivity contribution in [2.24, 2.45) is 0 Å². The molecule has 3 atom stereocenters. The Morgan fingerprint density at radius 3 is 1.88 bits per heavy atom. The van der Waals surface area contributed by atoms with Crippen molar-refractivity contribution >= 4 is 23.9 Å². The van der Waals surface area contributed by atoms with Gasteiger partial charge in [-0.25, -0.2) is 9.59 Å². The molecule has 0 bridgehead atoms. The number of alkyl carbamates (subject to hydrolysis) is 1. The van der Waals surface area contributed by atoms with Gasteiger partial charge in [0.2, 0.25) is 11.8 Å². The van der Waals surface area contributed by atoms with Crippen LogP contribution in [0.15, 0.2) is 60.7 Å². The maximum absolute atomic E-state index is 14.1. The summed E-state index contributed by atoms with van der Waals surface area (Å²) in [5, 5.41) is 5.38. The minimum absolute atomic E-state index is 0.209. The van der Waals surface area contributed by atoms with Crippen molar-refractivity contribution in [3.05, 3.63) is 71.8 Å². The summed E-state index contributed by atoms with van der Waals surface area (Å²) >= 11 is 0. The third-order valence-corrected chi connectivity index (χ3v) is 6.07. The number of rotatable bonds is 11. The highest BCUT2D eigenvalue weighted by molar-refractivity contribution is 5.93. The lowest BCUT2D eigenvalue weighted by atomic mass is 9.99. The Labute approximate surface area is 244 Å². The molecule has 2 rings (SSSR count). The molecule has 9 nitrogen and oxygen atoms in total. The molecular formula is C32H45N3O6. The summed E-state index contributed by atoms with van der Waals surface area (Å²) in [6.45, 7) is 13.9. The largest absolute Gasteiger partial charge is 0.458 e. The van der Waals surface area contributed by atoms with Crippen LogP contribution in [0.1, 0.15) is 79.0 Å². The van der Waals surface area contributed by atoms with Gasteiger partial charge in [0.05, 0.1) is 0 Å². The lowest BCUT2D eigenvalue weighted by Crippen LogP contribution is -2.54. The zero-order valence-electron chi connectivity index (χ0n) is 25.5. The molecule has 0 aliphatic heterocycles. The average molecular weight is 568 g/mol. The molecule has 2 N–H and O–H groups in total. The van der Waals surface area contributed by atoms with E-state index in [0.717, 1.165) is 5.56 Å². The SMILES string of the molecule is CCC(C)N(C(=O)CNC(=O)OC(C)(C)C)C(C(=O)NC(Cc1ccccc1)C(=O)OC(C)(C)C)c1ccccc1. The van der Waals surface area contributed by atoms with Crippen molar-refractivity contribution in [1.29, 1.82) is 0 Å². The van der Waals surface area contributed by atoms with Gasteiger partial charge >= 0.3 is 12.1 Å². The third-order valence-electron chi connectivity index (χ3n) is 6.07. The first-order chi connectivity index (χ1) is 19.1. The molecule has 0 radical (unpaired) electrons.